The molecule has 0 aliphatic heterocycles. The standard InChI is InChI=1S/C15H16N2O2/c16-14(10-11-4-2-1-3-5-11)15(19)17-12-6-8-13(18)9-7-12/h1-9,14,18H,10,16H2,(H,17,19)/t14-/m0/s1. The van der Waals surface area contributed by atoms with Crippen molar-refractivity contribution in [3.63, 3.8) is 0 Å². The zero-order chi connectivity index (χ0) is 13.7. The first kappa shape index (κ1) is 13.1. The highest BCUT2D eigenvalue weighted by atomic mass is 16.3. The van der Waals surface area contributed by atoms with Crippen LogP contribution in [0.25, 0.3) is 0 Å². The van der Waals surface area contributed by atoms with E-state index in [4.69, 9.17) is 10.8 Å². The first-order chi connectivity index (χ1) is 9.15. The van der Waals surface area contributed by atoms with E-state index < -0.39 is 6.04 Å². The molecule has 2 aromatic rings. The third-order valence-electron chi connectivity index (χ3n) is 2.77. The third kappa shape index (κ3) is 3.82. The number of carbonyl (C=O) groups is 1. The van der Waals surface area contributed by atoms with Crippen LogP contribution in [0.15, 0.2) is 54.6 Å². The predicted molar refractivity (Wildman–Crippen MR) is 74.9 cm³/mol. The van der Waals surface area contributed by atoms with E-state index in [0.717, 1.165) is 5.56 Å². The number of nitrogens with two attached hydrogens (primary N) is 1. The number of nitrogens with one attached hydrogen (secondary N) is 1. The van der Waals surface area contributed by atoms with E-state index in [2.05, 4.69) is 5.32 Å². The Kier molecular flexibility index (Phi) is 4.15. The first-order valence-electron chi connectivity index (χ1n) is 6.04. The molecule has 0 bridgehead atoms. The number of hydrogen-bond donors (Lipinski definition) is 3. The number of rotatable bonds is 4. The Morgan fingerprint density at radius 3 is 2.37 bits per heavy atom. The molecule has 19 heavy (non-hydrogen) atoms. The minimum Gasteiger partial charge on any atom is -0.508 e. The summed E-state index contributed by atoms with van der Waals surface area (Å²) in [6.07, 6.45) is 0.491. The highest BCUT2D eigenvalue weighted by molar-refractivity contribution is 5.94. The normalized spacial score (nSPS) is 11.8. The average Bonchev–Trinajstić information content (AvgIpc) is 2.42. The molecule has 0 radical (unpaired) electrons. The summed E-state index contributed by atoms with van der Waals surface area (Å²) in [7, 11) is 0. The largest absolute Gasteiger partial charge is 0.508 e. The smallest absolute Gasteiger partial charge is 0.241 e. The number of carbonyl (C=O) groups excluding carboxylic acids is 1. The van der Waals surface area contributed by atoms with Crippen LogP contribution in [-0.4, -0.2) is 17.1 Å². The predicted octanol–water partition coefficient (Wildman–Crippen LogP) is 1.90. The Labute approximate surface area is 111 Å². The van der Waals surface area contributed by atoms with E-state index in [1.165, 1.54) is 12.1 Å². The maximum absolute atomic E-state index is 11.9. The Hall–Kier alpha value is -2.33. The molecular weight excluding hydrogens is 240 g/mol. The average molecular weight is 256 g/mol. The summed E-state index contributed by atoms with van der Waals surface area (Å²) < 4.78 is 0. The number of phenolic OH excluding ortho intramolecular Hbond substituents is 1. The van der Waals surface area contributed by atoms with Crippen molar-refractivity contribution in [2.75, 3.05) is 5.32 Å². The van der Waals surface area contributed by atoms with Gasteiger partial charge in [-0.25, -0.2) is 0 Å². The number of aromatic hydroxyl groups is 1. The van der Waals surface area contributed by atoms with E-state index >= 15 is 0 Å². The Balaban J connectivity index is 1.94. The molecule has 0 aromatic heterocycles. The lowest BCUT2D eigenvalue weighted by molar-refractivity contribution is -0.117. The maximum Gasteiger partial charge on any atom is 0.241 e. The van der Waals surface area contributed by atoms with Crippen molar-refractivity contribution in [3.05, 3.63) is 60.2 Å². The molecule has 98 valence electrons. The highest BCUT2D eigenvalue weighted by Crippen LogP contribution is 2.14. The molecule has 4 heteroatoms. The lowest BCUT2D eigenvalue weighted by atomic mass is 10.1. The van der Waals surface area contributed by atoms with Gasteiger partial charge in [0.1, 0.15) is 5.75 Å². The van der Waals surface area contributed by atoms with Gasteiger partial charge < -0.3 is 16.2 Å². The van der Waals surface area contributed by atoms with Crippen LogP contribution in [0.2, 0.25) is 0 Å². The van der Waals surface area contributed by atoms with Gasteiger partial charge in [-0.1, -0.05) is 30.3 Å². The van der Waals surface area contributed by atoms with Gasteiger partial charge in [0.25, 0.3) is 0 Å². The van der Waals surface area contributed by atoms with Crippen molar-refractivity contribution in [1.82, 2.24) is 0 Å². The molecule has 0 fully saturated rings. The molecule has 4 nitrogen and oxygen atoms in total. The second kappa shape index (κ2) is 6.02. The van der Waals surface area contributed by atoms with Crippen LogP contribution in [0.3, 0.4) is 0 Å². The molecule has 2 rings (SSSR count). The van der Waals surface area contributed by atoms with Gasteiger partial charge >= 0.3 is 0 Å². The van der Waals surface area contributed by atoms with Gasteiger partial charge in [0.05, 0.1) is 6.04 Å². The molecule has 0 saturated carbocycles. The summed E-state index contributed by atoms with van der Waals surface area (Å²) in [5, 5.41) is 11.9. The van der Waals surface area contributed by atoms with Gasteiger partial charge in [0, 0.05) is 5.69 Å². The molecule has 0 aliphatic rings. The van der Waals surface area contributed by atoms with E-state index in [9.17, 15) is 4.79 Å². The summed E-state index contributed by atoms with van der Waals surface area (Å²) in [6, 6.07) is 15.3. The number of amides is 1. The number of anilines is 1. The van der Waals surface area contributed by atoms with E-state index in [1.54, 1.807) is 12.1 Å². The Morgan fingerprint density at radius 1 is 1.11 bits per heavy atom. The number of phenols is 1. The van der Waals surface area contributed by atoms with E-state index in [-0.39, 0.29) is 11.7 Å². The van der Waals surface area contributed by atoms with E-state index in [0.29, 0.717) is 12.1 Å². The fourth-order valence-corrected chi connectivity index (χ4v) is 1.74. The van der Waals surface area contributed by atoms with Crippen molar-refractivity contribution >= 4 is 11.6 Å². The van der Waals surface area contributed by atoms with Crippen molar-refractivity contribution in [2.24, 2.45) is 5.73 Å². The second-order valence-electron chi connectivity index (χ2n) is 4.33. The fourth-order valence-electron chi connectivity index (χ4n) is 1.74. The molecular formula is C15H16N2O2. The van der Waals surface area contributed by atoms with Crippen LogP contribution in [0, 0.1) is 0 Å². The van der Waals surface area contributed by atoms with Crippen LogP contribution < -0.4 is 11.1 Å². The summed E-state index contributed by atoms with van der Waals surface area (Å²) in [5.74, 6) is -0.0823. The van der Waals surface area contributed by atoms with Crippen LogP contribution in [0.5, 0.6) is 5.75 Å². The fraction of sp³-hybridized carbons (Fsp3) is 0.133. The molecule has 0 heterocycles. The molecule has 0 unspecified atom stereocenters. The molecule has 1 atom stereocenters. The Bertz CT molecular complexity index is 538. The Morgan fingerprint density at radius 2 is 1.74 bits per heavy atom. The quantitative estimate of drug-likeness (QED) is 0.731. The van der Waals surface area contributed by atoms with Crippen molar-refractivity contribution in [3.8, 4) is 5.75 Å². The SMILES string of the molecule is N[C@@H](Cc1ccccc1)C(=O)Nc1ccc(O)cc1. The zero-order valence-electron chi connectivity index (χ0n) is 10.4. The minimum absolute atomic E-state index is 0.159. The van der Waals surface area contributed by atoms with Crippen LogP contribution in [0.4, 0.5) is 5.69 Å². The first-order valence-corrected chi connectivity index (χ1v) is 6.04. The number of hydrogen-bond acceptors (Lipinski definition) is 3. The van der Waals surface area contributed by atoms with Crippen molar-refractivity contribution in [1.29, 1.82) is 0 Å². The second-order valence-corrected chi connectivity index (χ2v) is 4.33. The summed E-state index contributed by atoms with van der Waals surface area (Å²) >= 11 is 0. The maximum atomic E-state index is 11.9. The topological polar surface area (TPSA) is 75.4 Å². The molecule has 4 N–H and O–H groups in total. The monoisotopic (exact) mass is 256 g/mol. The van der Waals surface area contributed by atoms with Crippen molar-refractivity contribution in [2.45, 2.75) is 12.5 Å². The lowest BCUT2D eigenvalue weighted by Crippen LogP contribution is -2.37. The van der Waals surface area contributed by atoms with Gasteiger partial charge in [0.2, 0.25) is 5.91 Å². The van der Waals surface area contributed by atoms with E-state index in [1.807, 2.05) is 30.3 Å². The minimum atomic E-state index is -0.601. The molecule has 1 amide bonds. The highest BCUT2D eigenvalue weighted by Gasteiger charge is 2.14. The number of benzene rings is 2. The van der Waals surface area contributed by atoms with Crippen LogP contribution >= 0.6 is 0 Å². The van der Waals surface area contributed by atoms with Crippen LogP contribution in [-0.2, 0) is 11.2 Å². The van der Waals surface area contributed by atoms with Gasteiger partial charge in [-0.05, 0) is 36.2 Å². The molecule has 0 saturated heterocycles. The van der Waals surface area contributed by atoms with Crippen LogP contribution in [0.1, 0.15) is 5.56 Å². The molecule has 2 aromatic carbocycles. The molecule has 0 aliphatic carbocycles. The summed E-state index contributed by atoms with van der Waals surface area (Å²) in [4.78, 5) is 11.9. The van der Waals surface area contributed by atoms with Gasteiger partial charge in [0.15, 0.2) is 0 Å². The zero-order valence-corrected chi connectivity index (χ0v) is 10.4. The van der Waals surface area contributed by atoms with Crippen molar-refractivity contribution < 1.29 is 9.90 Å². The van der Waals surface area contributed by atoms with Gasteiger partial charge in [-0.2, -0.15) is 0 Å². The lowest BCUT2D eigenvalue weighted by Gasteiger charge is -2.12. The molecule has 0 spiro atoms. The summed E-state index contributed by atoms with van der Waals surface area (Å²) in [6.45, 7) is 0. The van der Waals surface area contributed by atoms with Gasteiger partial charge in [-0.15, -0.1) is 0 Å². The summed E-state index contributed by atoms with van der Waals surface area (Å²) in [5.41, 5.74) is 7.51. The third-order valence-corrected chi connectivity index (χ3v) is 2.77. The van der Waals surface area contributed by atoms with Gasteiger partial charge in [-0.3, -0.25) is 4.79 Å².